The van der Waals surface area contributed by atoms with E-state index in [1.165, 1.54) is 28.6 Å². The van der Waals surface area contributed by atoms with Gasteiger partial charge in [-0.1, -0.05) is 19.9 Å². The predicted molar refractivity (Wildman–Crippen MR) is 113 cm³/mol. The average Bonchev–Trinajstić information content (AvgIpc) is 2.90. The van der Waals surface area contributed by atoms with E-state index in [0.717, 1.165) is 0 Å². The van der Waals surface area contributed by atoms with Crippen molar-refractivity contribution in [2.45, 2.75) is 38.5 Å². The molecule has 1 aliphatic carbocycles. The van der Waals surface area contributed by atoms with Crippen LogP contribution in [0.25, 0.3) is 0 Å². The van der Waals surface area contributed by atoms with Gasteiger partial charge in [-0.3, -0.25) is 9.59 Å². The van der Waals surface area contributed by atoms with Gasteiger partial charge in [0.05, 0.1) is 10.6 Å². The third kappa shape index (κ3) is 3.90. The van der Waals surface area contributed by atoms with Crippen LogP contribution in [0.4, 0.5) is 5.69 Å². The number of rotatable bonds is 6. The minimum absolute atomic E-state index is 0.0210. The molecule has 8 nitrogen and oxygen atoms in total. The Labute approximate surface area is 175 Å². The van der Waals surface area contributed by atoms with Crippen LogP contribution in [0.15, 0.2) is 35.2 Å². The quantitative estimate of drug-likeness (QED) is 0.608. The first-order chi connectivity index (χ1) is 14.2. The Kier molecular flexibility index (Phi) is 6.14. The van der Waals surface area contributed by atoms with Crippen molar-refractivity contribution in [3.63, 3.8) is 0 Å². The van der Waals surface area contributed by atoms with E-state index in [0.29, 0.717) is 42.8 Å². The lowest BCUT2D eigenvalue weighted by molar-refractivity contribution is 0.102. The summed E-state index contributed by atoms with van der Waals surface area (Å²) in [5.74, 6) is -0.971. The third-order valence-electron chi connectivity index (χ3n) is 5.15. The van der Waals surface area contributed by atoms with Crippen LogP contribution in [0.1, 0.15) is 52.4 Å². The van der Waals surface area contributed by atoms with Crippen LogP contribution in [-0.4, -0.2) is 47.6 Å². The van der Waals surface area contributed by atoms with Crippen molar-refractivity contribution in [3.05, 3.63) is 52.9 Å². The van der Waals surface area contributed by atoms with Gasteiger partial charge in [0, 0.05) is 24.3 Å². The first kappa shape index (κ1) is 21.8. The molecule has 0 atom stereocenters. The molecule has 9 heteroatoms. The highest BCUT2D eigenvalue weighted by Crippen LogP contribution is 2.30. The zero-order valence-electron chi connectivity index (χ0n) is 17.2. The summed E-state index contributed by atoms with van der Waals surface area (Å²) < 4.78 is 26.8. The Balaban J connectivity index is 1.96. The number of carbonyl (C=O) groups excluding carboxylic acids is 2. The highest BCUT2D eigenvalue weighted by atomic mass is 32.2. The standard InChI is InChI=1S/C21H25N3O5S/c1-4-24(5-2)30(28,29)14-10-11-17(25)16(12-14)23-21(27)20-15-8-6-7-9-18(26)19(15)13(3)22-20/h7,9-12,22,25H,4-6,8H2,1-3H3,(H,23,27). The van der Waals surface area contributed by atoms with Gasteiger partial charge >= 0.3 is 0 Å². The van der Waals surface area contributed by atoms with Gasteiger partial charge in [0.15, 0.2) is 5.78 Å². The van der Waals surface area contributed by atoms with Crippen LogP contribution in [0.3, 0.4) is 0 Å². The number of aromatic hydroxyl groups is 1. The van der Waals surface area contributed by atoms with Crippen molar-refractivity contribution in [3.8, 4) is 5.75 Å². The van der Waals surface area contributed by atoms with Gasteiger partial charge in [0.25, 0.3) is 5.91 Å². The number of aryl methyl sites for hydroxylation is 1. The molecular weight excluding hydrogens is 406 g/mol. The van der Waals surface area contributed by atoms with E-state index in [2.05, 4.69) is 10.3 Å². The van der Waals surface area contributed by atoms with Gasteiger partial charge in [-0.25, -0.2) is 8.42 Å². The number of hydrogen-bond donors (Lipinski definition) is 3. The molecule has 160 valence electrons. The molecule has 0 aliphatic heterocycles. The lowest BCUT2D eigenvalue weighted by Crippen LogP contribution is -2.30. The number of carbonyl (C=O) groups is 2. The average molecular weight is 432 g/mol. The number of H-pyrrole nitrogens is 1. The molecule has 30 heavy (non-hydrogen) atoms. The number of hydrogen-bond acceptors (Lipinski definition) is 5. The summed E-state index contributed by atoms with van der Waals surface area (Å²) in [5, 5.41) is 12.8. The summed E-state index contributed by atoms with van der Waals surface area (Å²) in [5.41, 5.74) is 1.90. The molecular formula is C21H25N3O5S. The number of fused-ring (bicyclic) bond motifs is 1. The number of allylic oxidation sites excluding steroid dienone is 2. The summed E-state index contributed by atoms with van der Waals surface area (Å²) in [6.45, 7) is 5.80. The molecule has 3 rings (SSSR count). The number of phenols is 1. The van der Waals surface area contributed by atoms with Crippen LogP contribution in [0, 0.1) is 6.92 Å². The van der Waals surface area contributed by atoms with E-state index < -0.39 is 15.9 Å². The van der Waals surface area contributed by atoms with E-state index >= 15 is 0 Å². The first-order valence-electron chi connectivity index (χ1n) is 9.77. The monoisotopic (exact) mass is 431 g/mol. The number of anilines is 1. The fourth-order valence-electron chi connectivity index (χ4n) is 3.63. The van der Waals surface area contributed by atoms with E-state index in [1.54, 1.807) is 26.8 Å². The van der Waals surface area contributed by atoms with Crippen molar-refractivity contribution in [1.29, 1.82) is 0 Å². The molecule has 1 aliphatic rings. The van der Waals surface area contributed by atoms with Crippen molar-refractivity contribution < 1.29 is 23.1 Å². The smallest absolute Gasteiger partial charge is 0.272 e. The van der Waals surface area contributed by atoms with Crippen molar-refractivity contribution >= 4 is 27.4 Å². The first-order valence-corrected chi connectivity index (χ1v) is 11.2. The van der Waals surface area contributed by atoms with Gasteiger partial charge in [0.2, 0.25) is 10.0 Å². The Morgan fingerprint density at radius 3 is 2.63 bits per heavy atom. The number of sulfonamides is 1. The molecule has 0 spiro atoms. The van der Waals surface area contributed by atoms with E-state index in [4.69, 9.17) is 0 Å². The highest BCUT2D eigenvalue weighted by Gasteiger charge is 2.26. The predicted octanol–water partition coefficient (Wildman–Crippen LogP) is 3.00. The second-order valence-electron chi connectivity index (χ2n) is 7.01. The maximum atomic E-state index is 12.9. The van der Waals surface area contributed by atoms with Crippen LogP contribution >= 0.6 is 0 Å². The summed E-state index contributed by atoms with van der Waals surface area (Å²) in [4.78, 5) is 28.2. The summed E-state index contributed by atoms with van der Waals surface area (Å²) in [7, 11) is -3.75. The maximum Gasteiger partial charge on any atom is 0.272 e. The minimum atomic E-state index is -3.75. The minimum Gasteiger partial charge on any atom is -0.506 e. The Hall–Kier alpha value is -2.91. The lowest BCUT2D eigenvalue weighted by atomic mass is 10.0. The summed E-state index contributed by atoms with van der Waals surface area (Å²) in [6.07, 6.45) is 4.42. The van der Waals surface area contributed by atoms with Crippen LogP contribution in [0.2, 0.25) is 0 Å². The zero-order chi connectivity index (χ0) is 22.1. The van der Waals surface area contributed by atoms with E-state index in [-0.39, 0.29) is 27.8 Å². The van der Waals surface area contributed by atoms with Crippen molar-refractivity contribution in [1.82, 2.24) is 9.29 Å². The number of amides is 1. The number of aromatic nitrogens is 1. The molecule has 0 bridgehead atoms. The lowest BCUT2D eigenvalue weighted by Gasteiger charge is -2.19. The molecule has 0 saturated heterocycles. The molecule has 3 N–H and O–H groups in total. The second-order valence-corrected chi connectivity index (χ2v) is 8.94. The Morgan fingerprint density at radius 2 is 1.97 bits per heavy atom. The van der Waals surface area contributed by atoms with Crippen molar-refractivity contribution in [2.75, 3.05) is 18.4 Å². The molecule has 1 aromatic carbocycles. The molecule has 1 aromatic heterocycles. The zero-order valence-corrected chi connectivity index (χ0v) is 18.0. The number of benzene rings is 1. The van der Waals surface area contributed by atoms with Gasteiger partial charge in [-0.15, -0.1) is 0 Å². The molecule has 0 radical (unpaired) electrons. The van der Waals surface area contributed by atoms with Gasteiger partial charge in [-0.2, -0.15) is 4.31 Å². The molecule has 0 fully saturated rings. The molecule has 1 amide bonds. The molecule has 1 heterocycles. The number of nitrogens with zero attached hydrogens (tertiary/aromatic N) is 1. The van der Waals surface area contributed by atoms with Crippen LogP contribution in [0.5, 0.6) is 5.75 Å². The van der Waals surface area contributed by atoms with Gasteiger partial charge in [-0.05, 0) is 49.6 Å². The fourth-order valence-corrected chi connectivity index (χ4v) is 5.11. The summed E-state index contributed by atoms with van der Waals surface area (Å²) >= 11 is 0. The fraction of sp³-hybridized carbons (Fsp3) is 0.333. The second kappa shape index (κ2) is 8.45. The largest absolute Gasteiger partial charge is 0.506 e. The highest BCUT2D eigenvalue weighted by molar-refractivity contribution is 7.89. The number of nitrogens with one attached hydrogen (secondary N) is 2. The Morgan fingerprint density at radius 1 is 1.27 bits per heavy atom. The van der Waals surface area contributed by atoms with Gasteiger partial charge in [0.1, 0.15) is 11.4 Å². The third-order valence-corrected chi connectivity index (χ3v) is 7.20. The van der Waals surface area contributed by atoms with Crippen LogP contribution < -0.4 is 5.32 Å². The topological polar surface area (TPSA) is 120 Å². The van der Waals surface area contributed by atoms with Crippen molar-refractivity contribution in [2.24, 2.45) is 0 Å². The van der Waals surface area contributed by atoms with E-state index in [9.17, 15) is 23.1 Å². The van der Waals surface area contributed by atoms with E-state index in [1.807, 2.05) is 0 Å². The number of phenolic OH excluding ortho intramolecular Hbond substituents is 1. The maximum absolute atomic E-state index is 12.9. The van der Waals surface area contributed by atoms with Gasteiger partial charge < -0.3 is 15.4 Å². The molecule has 2 aromatic rings. The summed E-state index contributed by atoms with van der Waals surface area (Å²) in [6, 6.07) is 3.77. The van der Waals surface area contributed by atoms with Crippen LogP contribution in [-0.2, 0) is 16.4 Å². The number of aromatic amines is 1. The SMILES string of the molecule is CCN(CC)S(=O)(=O)c1ccc(O)c(NC(=O)c2[nH]c(C)c3c2CCC=CC3=O)c1. The molecule has 0 saturated carbocycles. The molecule has 0 unspecified atom stereocenters. The Bertz CT molecular complexity index is 1130. The normalized spacial score (nSPS) is 13.9. The number of ketones is 1.